The Morgan fingerprint density at radius 3 is 2.64 bits per heavy atom. The molecular formula is C15H11BrN4O2. The number of nitrogen functional groups attached to an aromatic ring is 1. The van der Waals surface area contributed by atoms with Gasteiger partial charge in [-0.2, -0.15) is 0 Å². The van der Waals surface area contributed by atoms with E-state index >= 15 is 0 Å². The van der Waals surface area contributed by atoms with Gasteiger partial charge in [-0.15, -0.1) is 10.2 Å². The van der Waals surface area contributed by atoms with Crippen LogP contribution in [0.1, 0.15) is 10.4 Å². The van der Waals surface area contributed by atoms with Crippen LogP contribution in [0, 0.1) is 0 Å². The van der Waals surface area contributed by atoms with E-state index in [0.717, 1.165) is 4.47 Å². The Morgan fingerprint density at radius 1 is 1.18 bits per heavy atom. The van der Waals surface area contributed by atoms with Crippen molar-refractivity contribution in [2.45, 2.75) is 0 Å². The number of nitrogens with two attached hydrogens (primary N) is 1. The maximum Gasteiger partial charge on any atom is 0.295 e. The van der Waals surface area contributed by atoms with Gasteiger partial charge in [-0.1, -0.05) is 15.9 Å². The lowest BCUT2D eigenvalue weighted by Gasteiger charge is -1.96. The predicted molar refractivity (Wildman–Crippen MR) is 87.4 cm³/mol. The fourth-order valence-corrected chi connectivity index (χ4v) is 2.38. The molecule has 3 rings (SSSR count). The minimum Gasteiger partial charge on any atom is -0.493 e. The van der Waals surface area contributed by atoms with Gasteiger partial charge in [-0.3, -0.25) is 4.79 Å². The van der Waals surface area contributed by atoms with Gasteiger partial charge in [0.15, 0.2) is 5.69 Å². The van der Waals surface area contributed by atoms with Crippen molar-refractivity contribution < 1.29 is 9.90 Å². The number of amides is 1. The van der Waals surface area contributed by atoms with E-state index < -0.39 is 5.91 Å². The molecule has 0 saturated carbocycles. The molecule has 1 aromatic heterocycles. The van der Waals surface area contributed by atoms with E-state index in [-0.39, 0.29) is 11.6 Å². The number of anilines is 1. The van der Waals surface area contributed by atoms with Crippen molar-refractivity contribution in [1.29, 1.82) is 0 Å². The number of hydrogen-bond acceptors (Lipinski definition) is 4. The molecule has 0 radical (unpaired) electrons. The quantitative estimate of drug-likeness (QED) is 0.473. The molecule has 4 N–H and O–H groups in total. The number of halogens is 1. The van der Waals surface area contributed by atoms with E-state index in [1.54, 1.807) is 36.4 Å². The molecule has 6 nitrogen and oxygen atoms in total. The van der Waals surface area contributed by atoms with Gasteiger partial charge in [0, 0.05) is 21.1 Å². The highest BCUT2D eigenvalue weighted by atomic mass is 79.9. The van der Waals surface area contributed by atoms with E-state index in [1.807, 2.05) is 6.07 Å². The van der Waals surface area contributed by atoms with Gasteiger partial charge in [-0.05, 0) is 42.5 Å². The highest BCUT2D eigenvalue weighted by Crippen LogP contribution is 2.36. The van der Waals surface area contributed by atoms with Gasteiger partial charge in [0.1, 0.15) is 0 Å². The number of aromatic nitrogens is 1. The van der Waals surface area contributed by atoms with Crippen LogP contribution in [0.5, 0.6) is 5.88 Å². The fraction of sp³-hybridized carbons (Fsp3) is 0. The van der Waals surface area contributed by atoms with Crippen molar-refractivity contribution in [3.05, 3.63) is 52.5 Å². The average Bonchev–Trinajstić information content (AvgIpc) is 2.80. The summed E-state index contributed by atoms with van der Waals surface area (Å²) in [6, 6.07) is 11.8. The number of aromatic hydroxyl groups is 1. The number of benzene rings is 2. The standard InChI is InChI=1S/C15H11BrN4O2/c16-9-3-6-12-11(7-9)13(15(22)18-12)19-20-14(21)8-1-4-10(17)5-2-8/h1-7,18,22H,17H2. The van der Waals surface area contributed by atoms with E-state index in [9.17, 15) is 9.90 Å². The fourth-order valence-electron chi connectivity index (χ4n) is 2.02. The highest BCUT2D eigenvalue weighted by Gasteiger charge is 2.12. The monoisotopic (exact) mass is 358 g/mol. The van der Waals surface area contributed by atoms with Crippen molar-refractivity contribution in [2.75, 3.05) is 5.73 Å². The summed E-state index contributed by atoms with van der Waals surface area (Å²) in [4.78, 5) is 14.7. The molecule has 0 aliphatic carbocycles. The first-order chi connectivity index (χ1) is 10.5. The van der Waals surface area contributed by atoms with Crippen LogP contribution in [0.2, 0.25) is 0 Å². The molecule has 3 aromatic rings. The summed E-state index contributed by atoms with van der Waals surface area (Å²) in [6.45, 7) is 0. The number of carbonyl (C=O) groups is 1. The minimum absolute atomic E-state index is 0.137. The molecule has 2 aromatic carbocycles. The van der Waals surface area contributed by atoms with Crippen molar-refractivity contribution in [1.82, 2.24) is 4.98 Å². The normalized spacial score (nSPS) is 11.3. The average molecular weight is 359 g/mol. The third-order valence-electron chi connectivity index (χ3n) is 3.11. The number of fused-ring (bicyclic) bond motifs is 1. The highest BCUT2D eigenvalue weighted by molar-refractivity contribution is 9.10. The molecule has 1 amide bonds. The molecule has 0 saturated heterocycles. The zero-order valence-corrected chi connectivity index (χ0v) is 12.8. The molecule has 0 aliphatic rings. The molecule has 0 fully saturated rings. The molecule has 110 valence electrons. The largest absolute Gasteiger partial charge is 0.493 e. The van der Waals surface area contributed by atoms with Crippen molar-refractivity contribution in [2.24, 2.45) is 10.2 Å². The molecule has 22 heavy (non-hydrogen) atoms. The topological polar surface area (TPSA) is 104 Å². The Labute approximate surface area is 133 Å². The summed E-state index contributed by atoms with van der Waals surface area (Å²) in [7, 11) is 0. The summed E-state index contributed by atoms with van der Waals surface area (Å²) in [6.07, 6.45) is 0. The van der Waals surface area contributed by atoms with E-state index in [0.29, 0.717) is 22.2 Å². The summed E-state index contributed by atoms with van der Waals surface area (Å²) in [5.41, 5.74) is 7.43. The third kappa shape index (κ3) is 2.71. The lowest BCUT2D eigenvalue weighted by atomic mass is 10.2. The van der Waals surface area contributed by atoms with Crippen LogP contribution < -0.4 is 5.73 Å². The summed E-state index contributed by atoms with van der Waals surface area (Å²) >= 11 is 3.35. The Balaban J connectivity index is 1.95. The number of azo groups is 1. The first kappa shape index (κ1) is 14.3. The van der Waals surface area contributed by atoms with Crippen LogP contribution in [0.15, 0.2) is 57.2 Å². The third-order valence-corrected chi connectivity index (χ3v) is 3.61. The van der Waals surface area contributed by atoms with E-state index in [1.165, 1.54) is 0 Å². The smallest absolute Gasteiger partial charge is 0.295 e. The Bertz CT molecular complexity index is 884. The second-order valence-electron chi connectivity index (χ2n) is 4.64. The van der Waals surface area contributed by atoms with Gasteiger partial charge >= 0.3 is 0 Å². The van der Waals surface area contributed by atoms with Gasteiger partial charge in [-0.25, -0.2) is 0 Å². The molecule has 0 bridgehead atoms. The first-order valence-electron chi connectivity index (χ1n) is 6.36. The number of H-pyrrole nitrogens is 1. The maximum atomic E-state index is 12.0. The lowest BCUT2D eigenvalue weighted by Crippen LogP contribution is -1.94. The van der Waals surface area contributed by atoms with Gasteiger partial charge in [0.25, 0.3) is 5.91 Å². The van der Waals surface area contributed by atoms with Crippen LogP contribution >= 0.6 is 15.9 Å². The van der Waals surface area contributed by atoms with Gasteiger partial charge < -0.3 is 15.8 Å². The number of carbonyl (C=O) groups excluding carboxylic acids is 1. The SMILES string of the molecule is Nc1ccc(C(=O)N=Nc2c(O)[nH]c3ccc(Br)cc23)cc1. The summed E-state index contributed by atoms with van der Waals surface area (Å²) in [5.74, 6) is -0.647. The van der Waals surface area contributed by atoms with Crippen LogP contribution in [-0.2, 0) is 0 Å². The number of aromatic amines is 1. The molecule has 0 aliphatic heterocycles. The van der Waals surface area contributed by atoms with Gasteiger partial charge in [0.05, 0.1) is 5.52 Å². The Kier molecular flexibility index (Phi) is 3.64. The van der Waals surface area contributed by atoms with Crippen LogP contribution in [-0.4, -0.2) is 16.0 Å². The Morgan fingerprint density at radius 2 is 1.91 bits per heavy atom. The summed E-state index contributed by atoms with van der Waals surface area (Å²) < 4.78 is 0.834. The molecule has 1 heterocycles. The molecule has 7 heteroatoms. The second kappa shape index (κ2) is 5.61. The Hall–Kier alpha value is -2.67. The zero-order valence-electron chi connectivity index (χ0n) is 11.2. The molecule has 0 unspecified atom stereocenters. The zero-order chi connectivity index (χ0) is 15.7. The van der Waals surface area contributed by atoms with E-state index in [4.69, 9.17) is 5.73 Å². The number of rotatable bonds is 2. The summed E-state index contributed by atoms with van der Waals surface area (Å²) in [5, 5.41) is 18.1. The maximum absolute atomic E-state index is 12.0. The minimum atomic E-state index is -0.510. The first-order valence-corrected chi connectivity index (χ1v) is 7.16. The van der Waals surface area contributed by atoms with Crippen LogP contribution in [0.4, 0.5) is 11.4 Å². The van der Waals surface area contributed by atoms with Crippen LogP contribution in [0.25, 0.3) is 10.9 Å². The second-order valence-corrected chi connectivity index (χ2v) is 5.55. The van der Waals surface area contributed by atoms with Crippen LogP contribution in [0.3, 0.4) is 0 Å². The number of nitrogens with one attached hydrogen (secondary N) is 1. The van der Waals surface area contributed by atoms with Crippen molar-refractivity contribution in [3.8, 4) is 5.88 Å². The number of hydrogen-bond donors (Lipinski definition) is 3. The van der Waals surface area contributed by atoms with Gasteiger partial charge in [0.2, 0.25) is 5.88 Å². The van der Waals surface area contributed by atoms with E-state index in [2.05, 4.69) is 31.1 Å². The predicted octanol–water partition coefficient (Wildman–Crippen LogP) is 4.14. The molecular weight excluding hydrogens is 348 g/mol. The number of nitrogens with zero attached hydrogens (tertiary/aromatic N) is 2. The molecule has 0 spiro atoms. The van der Waals surface area contributed by atoms with Crippen molar-refractivity contribution >= 4 is 44.1 Å². The van der Waals surface area contributed by atoms with Crippen molar-refractivity contribution in [3.63, 3.8) is 0 Å². The molecule has 0 atom stereocenters. The lowest BCUT2D eigenvalue weighted by molar-refractivity contribution is 0.0995.